The molecule has 0 saturated carbocycles. The molecule has 82 valence electrons. The largest absolute Gasteiger partial charge is 0.398 e. The van der Waals surface area contributed by atoms with Gasteiger partial charge in [0.1, 0.15) is 0 Å². The third-order valence-electron chi connectivity index (χ3n) is 2.32. The molecule has 0 aliphatic rings. The van der Waals surface area contributed by atoms with Gasteiger partial charge >= 0.3 is 0 Å². The SMILES string of the molecule is Nc1cc(Br)ccc1Cn1ccc(=O)cc1. The number of nitrogens with two attached hydrogens (primary N) is 1. The average molecular weight is 279 g/mol. The van der Waals surface area contributed by atoms with Crippen molar-refractivity contribution in [2.75, 3.05) is 5.73 Å². The van der Waals surface area contributed by atoms with E-state index in [0.29, 0.717) is 6.54 Å². The first-order valence-electron chi connectivity index (χ1n) is 4.85. The zero-order valence-electron chi connectivity index (χ0n) is 8.56. The van der Waals surface area contributed by atoms with Crippen molar-refractivity contribution in [3.8, 4) is 0 Å². The second kappa shape index (κ2) is 4.53. The Bertz CT molecular complexity index is 543. The second-order valence-electron chi connectivity index (χ2n) is 3.55. The number of halogens is 1. The minimum Gasteiger partial charge on any atom is -0.398 e. The summed E-state index contributed by atoms with van der Waals surface area (Å²) in [5.74, 6) is 0. The highest BCUT2D eigenvalue weighted by Gasteiger charge is 2.00. The number of hydrogen-bond acceptors (Lipinski definition) is 2. The summed E-state index contributed by atoms with van der Waals surface area (Å²) in [6, 6.07) is 8.87. The minimum absolute atomic E-state index is 0.0139. The lowest BCUT2D eigenvalue weighted by Gasteiger charge is -2.08. The van der Waals surface area contributed by atoms with Crippen molar-refractivity contribution >= 4 is 21.6 Å². The zero-order chi connectivity index (χ0) is 11.5. The Morgan fingerprint density at radius 3 is 2.50 bits per heavy atom. The molecule has 4 heteroatoms. The van der Waals surface area contributed by atoms with Crippen LogP contribution in [0.4, 0.5) is 5.69 Å². The molecule has 1 heterocycles. The second-order valence-corrected chi connectivity index (χ2v) is 4.46. The number of pyridine rings is 1. The third-order valence-corrected chi connectivity index (χ3v) is 2.81. The minimum atomic E-state index is 0.0139. The van der Waals surface area contributed by atoms with E-state index in [-0.39, 0.29) is 5.43 Å². The first-order valence-corrected chi connectivity index (χ1v) is 5.64. The highest BCUT2D eigenvalue weighted by molar-refractivity contribution is 9.10. The van der Waals surface area contributed by atoms with Crippen LogP contribution in [0, 0.1) is 0 Å². The number of benzene rings is 1. The molecule has 0 aliphatic carbocycles. The zero-order valence-corrected chi connectivity index (χ0v) is 10.1. The Kier molecular flexibility index (Phi) is 3.10. The van der Waals surface area contributed by atoms with Crippen molar-refractivity contribution in [3.63, 3.8) is 0 Å². The first-order chi connectivity index (χ1) is 7.65. The topological polar surface area (TPSA) is 48.0 Å². The highest BCUT2D eigenvalue weighted by atomic mass is 79.9. The van der Waals surface area contributed by atoms with Crippen molar-refractivity contribution in [1.29, 1.82) is 0 Å². The molecule has 2 N–H and O–H groups in total. The Hall–Kier alpha value is -1.55. The van der Waals surface area contributed by atoms with Gasteiger partial charge < -0.3 is 10.3 Å². The molecule has 0 fully saturated rings. The summed E-state index contributed by atoms with van der Waals surface area (Å²) in [4.78, 5) is 10.9. The van der Waals surface area contributed by atoms with E-state index in [0.717, 1.165) is 15.7 Å². The molecular formula is C12H11BrN2O. The first kappa shape index (κ1) is 11.0. The monoisotopic (exact) mass is 278 g/mol. The summed E-state index contributed by atoms with van der Waals surface area (Å²) in [5, 5.41) is 0. The van der Waals surface area contributed by atoms with Gasteiger partial charge in [-0.1, -0.05) is 22.0 Å². The van der Waals surface area contributed by atoms with Gasteiger partial charge in [-0.05, 0) is 17.7 Å². The maximum Gasteiger partial charge on any atom is 0.181 e. The van der Waals surface area contributed by atoms with Crippen LogP contribution in [0.1, 0.15) is 5.56 Å². The predicted octanol–water partition coefficient (Wildman–Crippen LogP) is 2.24. The van der Waals surface area contributed by atoms with Crippen LogP contribution in [0.3, 0.4) is 0 Å². The van der Waals surface area contributed by atoms with Gasteiger partial charge in [-0.3, -0.25) is 4.79 Å². The summed E-state index contributed by atoms with van der Waals surface area (Å²) < 4.78 is 2.88. The third kappa shape index (κ3) is 2.52. The van der Waals surface area contributed by atoms with E-state index in [4.69, 9.17) is 5.73 Å². The molecule has 0 radical (unpaired) electrons. The van der Waals surface area contributed by atoms with Gasteiger partial charge in [0, 0.05) is 41.2 Å². The molecular weight excluding hydrogens is 268 g/mol. The molecule has 1 aromatic carbocycles. The van der Waals surface area contributed by atoms with Gasteiger partial charge in [-0.25, -0.2) is 0 Å². The fraction of sp³-hybridized carbons (Fsp3) is 0.0833. The number of rotatable bonds is 2. The smallest absolute Gasteiger partial charge is 0.181 e. The Morgan fingerprint density at radius 1 is 1.19 bits per heavy atom. The molecule has 0 bridgehead atoms. The van der Waals surface area contributed by atoms with Gasteiger partial charge in [-0.15, -0.1) is 0 Å². The molecule has 2 rings (SSSR count). The lowest BCUT2D eigenvalue weighted by atomic mass is 10.2. The van der Waals surface area contributed by atoms with Crippen LogP contribution < -0.4 is 11.2 Å². The fourth-order valence-corrected chi connectivity index (χ4v) is 1.83. The normalized spacial score (nSPS) is 10.3. The van der Waals surface area contributed by atoms with E-state index < -0.39 is 0 Å². The standard InChI is InChI=1S/C12H11BrN2O/c13-10-2-1-9(12(14)7-10)8-15-5-3-11(16)4-6-15/h1-7H,8,14H2. The average Bonchev–Trinajstić information content (AvgIpc) is 2.25. The van der Waals surface area contributed by atoms with Crippen molar-refractivity contribution < 1.29 is 0 Å². The molecule has 0 saturated heterocycles. The Morgan fingerprint density at radius 2 is 1.88 bits per heavy atom. The summed E-state index contributed by atoms with van der Waals surface area (Å²) in [6.07, 6.45) is 3.51. The number of hydrogen-bond donors (Lipinski definition) is 1. The van der Waals surface area contributed by atoms with Crippen molar-refractivity contribution in [3.05, 3.63) is 63.0 Å². The molecule has 0 unspecified atom stereocenters. The van der Waals surface area contributed by atoms with Gasteiger partial charge in [0.15, 0.2) is 5.43 Å². The summed E-state index contributed by atoms with van der Waals surface area (Å²) in [7, 11) is 0. The lowest BCUT2D eigenvalue weighted by molar-refractivity contribution is 0.790. The maximum absolute atomic E-state index is 10.9. The Labute approximate surface area is 102 Å². The number of anilines is 1. The van der Waals surface area contributed by atoms with E-state index in [1.165, 1.54) is 12.1 Å². The quantitative estimate of drug-likeness (QED) is 0.857. The van der Waals surface area contributed by atoms with Crippen molar-refractivity contribution in [1.82, 2.24) is 4.57 Å². The van der Waals surface area contributed by atoms with Crippen LogP contribution in [0.25, 0.3) is 0 Å². The lowest BCUT2D eigenvalue weighted by Crippen LogP contribution is -2.06. The molecule has 16 heavy (non-hydrogen) atoms. The maximum atomic E-state index is 10.9. The molecule has 2 aromatic rings. The van der Waals surface area contributed by atoms with E-state index in [1.54, 1.807) is 12.4 Å². The van der Waals surface area contributed by atoms with Gasteiger partial charge in [0.25, 0.3) is 0 Å². The molecule has 0 aliphatic heterocycles. The number of aromatic nitrogens is 1. The van der Waals surface area contributed by atoms with Crippen molar-refractivity contribution in [2.24, 2.45) is 0 Å². The highest BCUT2D eigenvalue weighted by Crippen LogP contribution is 2.19. The van der Waals surface area contributed by atoms with E-state index in [1.807, 2.05) is 22.8 Å². The van der Waals surface area contributed by atoms with Crippen LogP contribution >= 0.6 is 15.9 Å². The summed E-state index contributed by atoms with van der Waals surface area (Å²) >= 11 is 3.36. The predicted molar refractivity (Wildman–Crippen MR) is 68.4 cm³/mol. The molecule has 1 aromatic heterocycles. The van der Waals surface area contributed by atoms with Gasteiger partial charge in [-0.2, -0.15) is 0 Å². The van der Waals surface area contributed by atoms with Crippen LogP contribution in [0.5, 0.6) is 0 Å². The number of nitrogens with zero attached hydrogens (tertiary/aromatic N) is 1. The van der Waals surface area contributed by atoms with Crippen LogP contribution in [0.15, 0.2) is 52.0 Å². The van der Waals surface area contributed by atoms with Crippen LogP contribution in [0.2, 0.25) is 0 Å². The van der Waals surface area contributed by atoms with Crippen LogP contribution in [-0.2, 0) is 6.54 Å². The number of nitrogen functional groups attached to an aromatic ring is 1. The van der Waals surface area contributed by atoms with Crippen molar-refractivity contribution in [2.45, 2.75) is 6.54 Å². The molecule has 0 amide bonds. The summed E-state index contributed by atoms with van der Waals surface area (Å²) in [5.41, 5.74) is 7.69. The Balaban J connectivity index is 2.27. The molecule has 0 atom stereocenters. The fourth-order valence-electron chi connectivity index (χ4n) is 1.46. The van der Waals surface area contributed by atoms with E-state index in [2.05, 4.69) is 15.9 Å². The van der Waals surface area contributed by atoms with E-state index in [9.17, 15) is 4.79 Å². The summed E-state index contributed by atoms with van der Waals surface area (Å²) in [6.45, 7) is 0.666. The van der Waals surface area contributed by atoms with Gasteiger partial charge in [0.05, 0.1) is 0 Å². The molecule has 0 spiro atoms. The molecule has 3 nitrogen and oxygen atoms in total. The van der Waals surface area contributed by atoms with Crippen LogP contribution in [-0.4, -0.2) is 4.57 Å². The van der Waals surface area contributed by atoms with E-state index >= 15 is 0 Å². The van der Waals surface area contributed by atoms with Gasteiger partial charge in [0.2, 0.25) is 0 Å².